The van der Waals surface area contributed by atoms with Gasteiger partial charge in [-0.1, -0.05) is 19.8 Å². The van der Waals surface area contributed by atoms with Gasteiger partial charge in [0.25, 0.3) is 0 Å². The Labute approximate surface area is 127 Å². The van der Waals surface area contributed by atoms with Crippen molar-refractivity contribution in [2.24, 2.45) is 5.41 Å². The van der Waals surface area contributed by atoms with Crippen LogP contribution in [0.4, 0.5) is 0 Å². The molecule has 0 aromatic heterocycles. The highest BCUT2D eigenvalue weighted by Gasteiger charge is 2.39. The summed E-state index contributed by atoms with van der Waals surface area (Å²) in [5.41, 5.74) is -0.255. The second-order valence-electron chi connectivity index (χ2n) is 6.48. The summed E-state index contributed by atoms with van der Waals surface area (Å²) in [6.07, 6.45) is 6.57. The van der Waals surface area contributed by atoms with Crippen LogP contribution in [0.15, 0.2) is 0 Å². The zero-order valence-electron chi connectivity index (χ0n) is 13.2. The molecular formula is C16H27NO4. The van der Waals surface area contributed by atoms with E-state index in [9.17, 15) is 9.59 Å². The Morgan fingerprint density at radius 1 is 1.29 bits per heavy atom. The second kappa shape index (κ2) is 7.25. The number of hydrogen-bond acceptors (Lipinski definition) is 4. The summed E-state index contributed by atoms with van der Waals surface area (Å²) < 4.78 is 10.3. The van der Waals surface area contributed by atoms with Crippen molar-refractivity contribution in [2.45, 2.75) is 58.0 Å². The molecule has 0 bridgehead atoms. The van der Waals surface area contributed by atoms with E-state index in [2.05, 4.69) is 6.92 Å². The number of esters is 1. The van der Waals surface area contributed by atoms with E-state index < -0.39 is 0 Å². The highest BCUT2D eigenvalue weighted by Crippen LogP contribution is 2.39. The van der Waals surface area contributed by atoms with Crippen molar-refractivity contribution >= 4 is 11.9 Å². The van der Waals surface area contributed by atoms with Gasteiger partial charge in [0.05, 0.1) is 19.6 Å². The largest absolute Gasteiger partial charge is 0.469 e. The number of ether oxygens (including phenoxy) is 2. The third-order valence-electron chi connectivity index (χ3n) is 4.77. The molecular weight excluding hydrogens is 270 g/mol. The Morgan fingerprint density at radius 3 is 2.57 bits per heavy atom. The molecule has 1 aliphatic heterocycles. The van der Waals surface area contributed by atoms with Gasteiger partial charge in [0.2, 0.25) is 5.91 Å². The lowest BCUT2D eigenvalue weighted by Gasteiger charge is -2.33. The van der Waals surface area contributed by atoms with Gasteiger partial charge in [-0.25, -0.2) is 0 Å². The minimum Gasteiger partial charge on any atom is -0.469 e. The fourth-order valence-corrected chi connectivity index (χ4v) is 3.39. The molecule has 1 saturated heterocycles. The zero-order valence-corrected chi connectivity index (χ0v) is 13.2. The Hall–Kier alpha value is -1.10. The number of rotatable bonds is 6. The third kappa shape index (κ3) is 4.19. The van der Waals surface area contributed by atoms with Crippen molar-refractivity contribution in [1.82, 2.24) is 4.90 Å². The average Bonchev–Trinajstić information content (AvgIpc) is 3.14. The third-order valence-corrected chi connectivity index (χ3v) is 4.77. The lowest BCUT2D eigenvalue weighted by molar-refractivity contribution is -0.145. The van der Waals surface area contributed by atoms with Gasteiger partial charge in [-0.2, -0.15) is 0 Å². The standard InChI is InChI=1S/C16H27NO4/c1-16(8-3-4-9-16)15(19)17(10-7-14(18)20-2)12-13-6-5-11-21-13/h13H,3-12H2,1-2H3. The lowest BCUT2D eigenvalue weighted by atomic mass is 9.87. The van der Waals surface area contributed by atoms with Gasteiger partial charge in [-0.3, -0.25) is 9.59 Å². The first-order chi connectivity index (χ1) is 10.0. The Balaban J connectivity index is 1.98. The molecule has 0 spiro atoms. The molecule has 21 heavy (non-hydrogen) atoms. The van der Waals surface area contributed by atoms with Gasteiger partial charge in [-0.15, -0.1) is 0 Å². The maximum Gasteiger partial charge on any atom is 0.307 e. The van der Waals surface area contributed by atoms with E-state index in [-0.39, 0.29) is 29.8 Å². The molecule has 1 atom stereocenters. The highest BCUT2D eigenvalue weighted by atomic mass is 16.5. The van der Waals surface area contributed by atoms with E-state index >= 15 is 0 Å². The SMILES string of the molecule is COC(=O)CCN(CC1CCCO1)C(=O)C1(C)CCCC1. The van der Waals surface area contributed by atoms with Crippen LogP contribution in [0.25, 0.3) is 0 Å². The molecule has 2 aliphatic rings. The molecule has 2 fully saturated rings. The van der Waals surface area contributed by atoms with Crippen LogP contribution in [-0.4, -0.2) is 49.7 Å². The van der Waals surface area contributed by atoms with E-state index in [0.29, 0.717) is 13.1 Å². The molecule has 120 valence electrons. The normalized spacial score (nSPS) is 24.0. The first-order valence-electron chi connectivity index (χ1n) is 8.03. The van der Waals surface area contributed by atoms with Gasteiger partial charge in [0, 0.05) is 25.1 Å². The predicted molar refractivity (Wildman–Crippen MR) is 78.8 cm³/mol. The predicted octanol–water partition coefficient (Wildman–Crippen LogP) is 2.14. The summed E-state index contributed by atoms with van der Waals surface area (Å²) in [6.45, 7) is 3.87. The highest BCUT2D eigenvalue weighted by molar-refractivity contribution is 5.83. The van der Waals surface area contributed by atoms with Crippen molar-refractivity contribution in [1.29, 1.82) is 0 Å². The van der Waals surface area contributed by atoms with Crippen LogP contribution in [0.5, 0.6) is 0 Å². The van der Waals surface area contributed by atoms with E-state index in [1.807, 2.05) is 4.90 Å². The van der Waals surface area contributed by atoms with Gasteiger partial charge in [-0.05, 0) is 25.7 Å². The van der Waals surface area contributed by atoms with Crippen molar-refractivity contribution in [3.63, 3.8) is 0 Å². The topological polar surface area (TPSA) is 55.8 Å². The minimum absolute atomic E-state index is 0.122. The molecule has 0 aromatic carbocycles. The molecule has 0 radical (unpaired) electrons. The summed E-state index contributed by atoms with van der Waals surface area (Å²) in [6, 6.07) is 0. The zero-order chi connectivity index (χ0) is 15.3. The fourth-order valence-electron chi connectivity index (χ4n) is 3.39. The maximum atomic E-state index is 12.9. The molecule has 5 heteroatoms. The summed E-state index contributed by atoms with van der Waals surface area (Å²) in [5.74, 6) is -0.0869. The maximum absolute atomic E-state index is 12.9. The first-order valence-corrected chi connectivity index (χ1v) is 8.03. The number of methoxy groups -OCH3 is 1. The lowest BCUT2D eigenvalue weighted by Crippen LogP contribution is -2.45. The Bertz CT molecular complexity index is 370. The molecule has 1 aliphatic carbocycles. The molecule has 0 N–H and O–H groups in total. The van der Waals surface area contributed by atoms with Crippen LogP contribution in [0, 0.1) is 5.41 Å². The summed E-state index contributed by atoms with van der Waals surface area (Å²) in [7, 11) is 1.38. The summed E-state index contributed by atoms with van der Waals surface area (Å²) in [5, 5.41) is 0. The molecule has 5 nitrogen and oxygen atoms in total. The second-order valence-corrected chi connectivity index (χ2v) is 6.48. The average molecular weight is 297 g/mol. The smallest absolute Gasteiger partial charge is 0.307 e. The molecule has 2 rings (SSSR count). The van der Waals surface area contributed by atoms with Crippen LogP contribution in [-0.2, 0) is 19.1 Å². The monoisotopic (exact) mass is 297 g/mol. The van der Waals surface area contributed by atoms with Crippen LogP contribution in [0.3, 0.4) is 0 Å². The summed E-state index contributed by atoms with van der Waals surface area (Å²) in [4.78, 5) is 26.1. The molecule has 1 heterocycles. The number of carbonyl (C=O) groups is 2. The quantitative estimate of drug-likeness (QED) is 0.705. The number of nitrogens with zero attached hydrogens (tertiary/aromatic N) is 1. The minimum atomic E-state index is -0.267. The van der Waals surface area contributed by atoms with Crippen molar-refractivity contribution in [3.8, 4) is 0 Å². The van der Waals surface area contributed by atoms with E-state index in [1.165, 1.54) is 7.11 Å². The van der Waals surface area contributed by atoms with Crippen LogP contribution < -0.4 is 0 Å². The van der Waals surface area contributed by atoms with E-state index in [0.717, 1.165) is 45.1 Å². The van der Waals surface area contributed by atoms with E-state index in [4.69, 9.17) is 9.47 Å². The van der Waals surface area contributed by atoms with Crippen molar-refractivity contribution in [2.75, 3.05) is 26.8 Å². The number of hydrogen-bond donors (Lipinski definition) is 0. The molecule has 1 amide bonds. The summed E-state index contributed by atoms with van der Waals surface area (Å²) >= 11 is 0. The van der Waals surface area contributed by atoms with Crippen molar-refractivity contribution in [3.05, 3.63) is 0 Å². The molecule has 0 aromatic rings. The van der Waals surface area contributed by atoms with Crippen molar-refractivity contribution < 1.29 is 19.1 Å². The molecule has 1 unspecified atom stereocenters. The van der Waals surface area contributed by atoms with Gasteiger partial charge < -0.3 is 14.4 Å². The Kier molecular flexibility index (Phi) is 5.62. The van der Waals surface area contributed by atoms with Crippen LogP contribution >= 0.6 is 0 Å². The Morgan fingerprint density at radius 2 is 2.00 bits per heavy atom. The first kappa shape index (κ1) is 16.3. The van der Waals surface area contributed by atoms with Gasteiger partial charge in [0.1, 0.15) is 0 Å². The van der Waals surface area contributed by atoms with Crippen LogP contribution in [0.1, 0.15) is 51.9 Å². The van der Waals surface area contributed by atoms with Gasteiger partial charge >= 0.3 is 5.97 Å². The number of amides is 1. The number of carbonyl (C=O) groups excluding carboxylic acids is 2. The fraction of sp³-hybridized carbons (Fsp3) is 0.875. The molecule has 1 saturated carbocycles. The van der Waals surface area contributed by atoms with Crippen LogP contribution in [0.2, 0.25) is 0 Å². The van der Waals surface area contributed by atoms with Gasteiger partial charge in [0.15, 0.2) is 0 Å². The van der Waals surface area contributed by atoms with E-state index in [1.54, 1.807) is 0 Å².